The van der Waals surface area contributed by atoms with E-state index in [0.29, 0.717) is 19.4 Å². The molecule has 1 fully saturated rings. The minimum Gasteiger partial charge on any atom is -0.353 e. The fourth-order valence-electron chi connectivity index (χ4n) is 2.76. The van der Waals surface area contributed by atoms with E-state index >= 15 is 0 Å². The Balaban J connectivity index is 2.42. The minimum atomic E-state index is -4.21. The number of halogens is 3. The molecule has 0 aliphatic heterocycles. The van der Waals surface area contributed by atoms with Gasteiger partial charge in [-0.25, -0.2) is 0 Å². The van der Waals surface area contributed by atoms with E-state index in [1.165, 1.54) is 0 Å². The van der Waals surface area contributed by atoms with E-state index in [1.54, 1.807) is 0 Å². The maximum Gasteiger partial charge on any atom is 0.393 e. The first-order chi connectivity index (χ1) is 9.34. The maximum atomic E-state index is 12.9. The summed E-state index contributed by atoms with van der Waals surface area (Å²) >= 11 is 0. The van der Waals surface area contributed by atoms with Crippen molar-refractivity contribution in [2.75, 3.05) is 20.1 Å². The largest absolute Gasteiger partial charge is 0.393 e. The third-order valence-corrected chi connectivity index (χ3v) is 3.86. The highest BCUT2D eigenvalue weighted by Crippen LogP contribution is 2.37. The van der Waals surface area contributed by atoms with E-state index in [-0.39, 0.29) is 18.7 Å². The highest BCUT2D eigenvalue weighted by molar-refractivity contribution is 5.76. The molecule has 0 aromatic carbocycles. The van der Waals surface area contributed by atoms with Gasteiger partial charge in [-0.05, 0) is 32.9 Å². The van der Waals surface area contributed by atoms with Crippen molar-refractivity contribution < 1.29 is 18.0 Å². The molecule has 118 valence electrons. The summed E-state index contributed by atoms with van der Waals surface area (Å²) < 4.78 is 38.7. The van der Waals surface area contributed by atoms with Gasteiger partial charge in [0.25, 0.3) is 0 Å². The van der Waals surface area contributed by atoms with Crippen LogP contribution in [0, 0.1) is 5.92 Å². The van der Waals surface area contributed by atoms with Crippen LogP contribution in [0.4, 0.5) is 13.2 Å². The SMILES string of the molecule is CCCN(C)CCC(=O)N[C@@H]1CCCC[C@@H]1C(F)(F)F. The zero-order chi connectivity index (χ0) is 15.2. The number of carbonyl (C=O) groups is 1. The molecule has 0 aromatic heterocycles. The highest BCUT2D eigenvalue weighted by atomic mass is 19.4. The normalized spacial score (nSPS) is 23.9. The second-order valence-electron chi connectivity index (χ2n) is 5.66. The first kappa shape index (κ1) is 17.3. The zero-order valence-corrected chi connectivity index (χ0v) is 12.3. The summed E-state index contributed by atoms with van der Waals surface area (Å²) in [5.74, 6) is -1.65. The molecule has 0 radical (unpaired) electrons. The Kier molecular flexibility index (Phi) is 6.79. The van der Waals surface area contributed by atoms with Gasteiger partial charge in [0.05, 0.1) is 5.92 Å². The summed E-state index contributed by atoms with van der Waals surface area (Å²) in [7, 11) is 1.91. The Morgan fingerprint density at radius 1 is 1.25 bits per heavy atom. The first-order valence-corrected chi connectivity index (χ1v) is 7.39. The van der Waals surface area contributed by atoms with Crippen LogP contribution < -0.4 is 5.32 Å². The number of rotatable bonds is 6. The predicted molar refractivity (Wildman–Crippen MR) is 72.3 cm³/mol. The summed E-state index contributed by atoms with van der Waals surface area (Å²) in [5.41, 5.74) is 0. The van der Waals surface area contributed by atoms with Crippen LogP contribution in [0.25, 0.3) is 0 Å². The van der Waals surface area contributed by atoms with Gasteiger partial charge in [-0.1, -0.05) is 19.8 Å². The van der Waals surface area contributed by atoms with E-state index < -0.39 is 18.1 Å². The van der Waals surface area contributed by atoms with Crippen LogP contribution in [0.3, 0.4) is 0 Å². The summed E-state index contributed by atoms with van der Waals surface area (Å²) in [5, 5.41) is 2.59. The van der Waals surface area contributed by atoms with Crippen LogP contribution >= 0.6 is 0 Å². The van der Waals surface area contributed by atoms with Crippen molar-refractivity contribution in [2.24, 2.45) is 5.92 Å². The second-order valence-corrected chi connectivity index (χ2v) is 5.66. The smallest absolute Gasteiger partial charge is 0.353 e. The van der Waals surface area contributed by atoms with Crippen molar-refractivity contribution in [3.05, 3.63) is 0 Å². The lowest BCUT2D eigenvalue weighted by Crippen LogP contribution is -2.48. The lowest BCUT2D eigenvalue weighted by atomic mass is 9.84. The molecule has 1 saturated carbocycles. The number of amides is 1. The number of carbonyl (C=O) groups excluding carboxylic acids is 1. The summed E-state index contributed by atoms with van der Waals surface area (Å²) in [6, 6.07) is -0.743. The number of nitrogens with zero attached hydrogens (tertiary/aromatic N) is 1. The lowest BCUT2D eigenvalue weighted by molar-refractivity contribution is -0.189. The van der Waals surface area contributed by atoms with E-state index in [1.807, 2.05) is 18.9 Å². The minimum absolute atomic E-state index is 0.129. The summed E-state index contributed by atoms with van der Waals surface area (Å²) in [6.07, 6.45) is -1.04. The van der Waals surface area contributed by atoms with Crippen molar-refractivity contribution >= 4 is 5.91 Å². The molecule has 0 heterocycles. The Hall–Kier alpha value is -0.780. The first-order valence-electron chi connectivity index (χ1n) is 7.39. The van der Waals surface area contributed by atoms with E-state index in [2.05, 4.69) is 5.32 Å². The van der Waals surface area contributed by atoms with Gasteiger partial charge in [-0.3, -0.25) is 4.79 Å². The molecule has 0 spiro atoms. The van der Waals surface area contributed by atoms with E-state index in [9.17, 15) is 18.0 Å². The topological polar surface area (TPSA) is 32.3 Å². The third-order valence-electron chi connectivity index (χ3n) is 3.86. The highest BCUT2D eigenvalue weighted by Gasteiger charge is 2.45. The molecule has 6 heteroatoms. The Labute approximate surface area is 118 Å². The number of alkyl halides is 3. The quantitative estimate of drug-likeness (QED) is 0.817. The fourth-order valence-corrected chi connectivity index (χ4v) is 2.76. The maximum absolute atomic E-state index is 12.9. The molecule has 0 unspecified atom stereocenters. The average molecular weight is 294 g/mol. The van der Waals surface area contributed by atoms with Gasteiger partial charge in [0.2, 0.25) is 5.91 Å². The molecule has 1 aliphatic rings. The van der Waals surface area contributed by atoms with E-state index in [4.69, 9.17) is 0 Å². The molecular weight excluding hydrogens is 269 g/mol. The third kappa shape index (κ3) is 5.69. The lowest BCUT2D eigenvalue weighted by Gasteiger charge is -2.33. The molecule has 0 aromatic rings. The monoisotopic (exact) mass is 294 g/mol. The number of nitrogens with one attached hydrogen (secondary N) is 1. The van der Waals surface area contributed by atoms with Gasteiger partial charge in [-0.15, -0.1) is 0 Å². The molecule has 20 heavy (non-hydrogen) atoms. The van der Waals surface area contributed by atoms with Crippen molar-refractivity contribution in [3.63, 3.8) is 0 Å². The van der Waals surface area contributed by atoms with E-state index in [0.717, 1.165) is 19.4 Å². The van der Waals surface area contributed by atoms with Gasteiger partial charge < -0.3 is 10.2 Å². The Morgan fingerprint density at radius 3 is 2.50 bits per heavy atom. The Bertz CT molecular complexity index is 307. The number of hydrogen-bond donors (Lipinski definition) is 1. The van der Waals surface area contributed by atoms with Gasteiger partial charge in [0.15, 0.2) is 0 Å². The van der Waals surface area contributed by atoms with Crippen molar-refractivity contribution in [1.82, 2.24) is 10.2 Å². The fraction of sp³-hybridized carbons (Fsp3) is 0.929. The molecule has 3 nitrogen and oxygen atoms in total. The standard InChI is InChI=1S/C14H25F3N2O/c1-3-9-19(2)10-8-13(20)18-12-7-5-4-6-11(12)14(15,16)17/h11-12H,3-10H2,1-2H3,(H,18,20)/t11-,12+/m0/s1. The van der Waals surface area contributed by atoms with Crippen LogP contribution in [-0.2, 0) is 4.79 Å². The molecule has 0 bridgehead atoms. The summed E-state index contributed by atoms with van der Waals surface area (Å²) in [6.45, 7) is 3.53. The molecule has 0 saturated heterocycles. The van der Waals surface area contributed by atoms with Crippen LogP contribution in [-0.4, -0.2) is 43.2 Å². The van der Waals surface area contributed by atoms with Gasteiger partial charge in [0, 0.05) is 19.0 Å². The summed E-state index contributed by atoms with van der Waals surface area (Å²) in [4.78, 5) is 13.8. The van der Waals surface area contributed by atoms with Gasteiger partial charge in [-0.2, -0.15) is 13.2 Å². The van der Waals surface area contributed by atoms with Crippen molar-refractivity contribution in [2.45, 2.75) is 57.7 Å². The number of hydrogen-bond acceptors (Lipinski definition) is 2. The van der Waals surface area contributed by atoms with Crippen molar-refractivity contribution in [1.29, 1.82) is 0 Å². The van der Waals surface area contributed by atoms with Crippen LogP contribution in [0.2, 0.25) is 0 Å². The zero-order valence-electron chi connectivity index (χ0n) is 12.3. The van der Waals surface area contributed by atoms with Gasteiger partial charge >= 0.3 is 6.18 Å². The molecular formula is C14H25F3N2O. The van der Waals surface area contributed by atoms with Crippen molar-refractivity contribution in [3.8, 4) is 0 Å². The van der Waals surface area contributed by atoms with Crippen LogP contribution in [0.15, 0.2) is 0 Å². The molecule has 1 amide bonds. The molecule has 1 aliphatic carbocycles. The van der Waals surface area contributed by atoms with Gasteiger partial charge in [0.1, 0.15) is 0 Å². The molecule has 1 rings (SSSR count). The predicted octanol–water partition coefficient (Wildman–Crippen LogP) is 2.96. The van der Waals surface area contributed by atoms with Crippen LogP contribution in [0.1, 0.15) is 45.4 Å². The molecule has 1 N–H and O–H groups in total. The molecule has 2 atom stereocenters. The second kappa shape index (κ2) is 7.86. The average Bonchev–Trinajstić information content (AvgIpc) is 2.36. The van der Waals surface area contributed by atoms with Crippen LogP contribution in [0.5, 0.6) is 0 Å². The Morgan fingerprint density at radius 2 is 1.90 bits per heavy atom.